The third-order valence-electron chi connectivity index (χ3n) is 3.40. The van der Waals surface area contributed by atoms with Crippen LogP contribution in [0.4, 0.5) is 5.69 Å². The summed E-state index contributed by atoms with van der Waals surface area (Å²) in [5, 5.41) is 2.75. The Morgan fingerprint density at radius 1 is 1.17 bits per heavy atom. The Labute approximate surface area is 140 Å². The highest BCUT2D eigenvalue weighted by molar-refractivity contribution is 6.01. The third-order valence-corrected chi connectivity index (χ3v) is 3.40. The van der Waals surface area contributed by atoms with E-state index in [0.29, 0.717) is 23.4 Å². The molecular weight excluding hydrogens is 308 g/mol. The van der Waals surface area contributed by atoms with Gasteiger partial charge in [-0.1, -0.05) is 6.92 Å². The molecule has 2 rings (SSSR count). The summed E-state index contributed by atoms with van der Waals surface area (Å²) in [6.45, 7) is 3.46. The lowest BCUT2D eigenvalue weighted by Crippen LogP contribution is -2.24. The molecule has 1 aromatic heterocycles. The predicted octanol–water partition coefficient (Wildman–Crippen LogP) is 3.18. The summed E-state index contributed by atoms with van der Waals surface area (Å²) in [6.07, 6.45) is 1.92. The first-order valence-corrected chi connectivity index (χ1v) is 7.79. The van der Waals surface area contributed by atoms with Crippen molar-refractivity contribution in [1.82, 2.24) is 4.98 Å². The van der Waals surface area contributed by atoms with Gasteiger partial charge < -0.3 is 15.0 Å². The van der Waals surface area contributed by atoms with Crippen LogP contribution in [0.15, 0.2) is 42.6 Å². The zero-order chi connectivity index (χ0) is 17.5. The number of ether oxygens (including phenoxy) is 1. The normalized spacial score (nSPS) is 11.6. The van der Waals surface area contributed by atoms with Gasteiger partial charge in [-0.3, -0.25) is 9.59 Å². The maximum absolute atomic E-state index is 12.3. The van der Waals surface area contributed by atoms with E-state index in [1.807, 2.05) is 6.92 Å². The van der Waals surface area contributed by atoms with Crippen LogP contribution in [0.25, 0.3) is 0 Å². The molecule has 6 nitrogen and oxygen atoms in total. The minimum absolute atomic E-state index is 0.0650. The Balaban J connectivity index is 1.96. The maximum atomic E-state index is 12.3. The minimum Gasteiger partial charge on any atom is -0.450 e. The van der Waals surface area contributed by atoms with Crippen LogP contribution in [-0.4, -0.2) is 28.7 Å². The number of aromatic nitrogens is 1. The standard InChI is InChI=1S/C18H20N2O4/c1-3-5-16(21)20-14-9-7-13(8-10-14)17(22)12(2)24-18(23)15-6-4-11-19-15/h4,6-12,19H,3,5H2,1-2H3,(H,20,21)/t12-/m0/s1. The molecule has 2 aromatic rings. The number of nitrogens with one attached hydrogen (secondary N) is 2. The van der Waals surface area contributed by atoms with Gasteiger partial charge in [0.05, 0.1) is 0 Å². The number of hydrogen-bond donors (Lipinski definition) is 2. The number of rotatable bonds is 7. The zero-order valence-electron chi connectivity index (χ0n) is 13.7. The summed E-state index contributed by atoms with van der Waals surface area (Å²) in [6, 6.07) is 9.76. The molecule has 1 heterocycles. The molecule has 24 heavy (non-hydrogen) atoms. The van der Waals surface area contributed by atoms with Gasteiger partial charge in [0.2, 0.25) is 11.7 Å². The van der Waals surface area contributed by atoms with Crippen LogP contribution in [-0.2, 0) is 9.53 Å². The molecule has 6 heteroatoms. The lowest BCUT2D eigenvalue weighted by Gasteiger charge is -2.12. The van der Waals surface area contributed by atoms with E-state index in [1.165, 1.54) is 6.92 Å². The van der Waals surface area contributed by atoms with Crippen molar-refractivity contribution in [3.05, 3.63) is 53.9 Å². The molecule has 1 amide bonds. The van der Waals surface area contributed by atoms with Gasteiger partial charge in [0.25, 0.3) is 0 Å². The van der Waals surface area contributed by atoms with Gasteiger partial charge in [0, 0.05) is 23.9 Å². The zero-order valence-corrected chi connectivity index (χ0v) is 13.7. The molecule has 0 bridgehead atoms. The highest BCUT2D eigenvalue weighted by Crippen LogP contribution is 2.14. The van der Waals surface area contributed by atoms with Crippen LogP contribution in [0, 0.1) is 0 Å². The number of ketones is 1. The van der Waals surface area contributed by atoms with Crippen LogP contribution in [0.5, 0.6) is 0 Å². The molecule has 0 saturated carbocycles. The number of benzene rings is 1. The predicted molar refractivity (Wildman–Crippen MR) is 90.0 cm³/mol. The summed E-state index contributed by atoms with van der Waals surface area (Å²) in [7, 11) is 0. The molecule has 0 unspecified atom stereocenters. The maximum Gasteiger partial charge on any atom is 0.355 e. The quantitative estimate of drug-likeness (QED) is 0.603. The largest absolute Gasteiger partial charge is 0.450 e. The molecular formula is C18H20N2O4. The SMILES string of the molecule is CCCC(=O)Nc1ccc(C(=O)[C@H](C)OC(=O)c2ccc[nH]2)cc1. The molecule has 2 N–H and O–H groups in total. The van der Waals surface area contributed by atoms with Crippen molar-refractivity contribution in [2.24, 2.45) is 0 Å². The molecule has 1 aromatic carbocycles. The first-order chi connectivity index (χ1) is 11.5. The van der Waals surface area contributed by atoms with Gasteiger partial charge in [-0.05, 0) is 49.7 Å². The number of Topliss-reactive ketones (excluding diaryl/α,β-unsaturated/α-hetero) is 1. The average molecular weight is 328 g/mol. The lowest BCUT2D eigenvalue weighted by atomic mass is 10.1. The van der Waals surface area contributed by atoms with Gasteiger partial charge in [-0.15, -0.1) is 0 Å². The second-order valence-corrected chi connectivity index (χ2v) is 5.37. The van der Waals surface area contributed by atoms with Crippen molar-refractivity contribution >= 4 is 23.3 Å². The third kappa shape index (κ3) is 4.55. The fourth-order valence-corrected chi connectivity index (χ4v) is 2.14. The average Bonchev–Trinajstić information content (AvgIpc) is 3.09. The molecule has 0 aliphatic carbocycles. The van der Waals surface area contributed by atoms with E-state index in [1.54, 1.807) is 42.6 Å². The first kappa shape index (κ1) is 17.5. The van der Waals surface area contributed by atoms with E-state index in [2.05, 4.69) is 10.3 Å². The number of carbonyl (C=O) groups is 3. The number of hydrogen-bond acceptors (Lipinski definition) is 4. The van der Waals surface area contributed by atoms with Crippen LogP contribution >= 0.6 is 0 Å². The van der Waals surface area contributed by atoms with Crippen molar-refractivity contribution in [2.75, 3.05) is 5.32 Å². The molecule has 0 fully saturated rings. The summed E-state index contributed by atoms with van der Waals surface area (Å²) < 4.78 is 5.15. The van der Waals surface area contributed by atoms with Gasteiger partial charge in [-0.2, -0.15) is 0 Å². The van der Waals surface area contributed by atoms with Crippen molar-refractivity contribution in [3.63, 3.8) is 0 Å². The molecule has 1 atom stereocenters. The Morgan fingerprint density at radius 3 is 2.46 bits per heavy atom. The smallest absolute Gasteiger partial charge is 0.355 e. The number of carbonyl (C=O) groups excluding carboxylic acids is 3. The highest BCUT2D eigenvalue weighted by Gasteiger charge is 2.20. The van der Waals surface area contributed by atoms with Crippen molar-refractivity contribution in [1.29, 1.82) is 0 Å². The Kier molecular flexibility index (Phi) is 5.89. The topological polar surface area (TPSA) is 88.3 Å². The van der Waals surface area contributed by atoms with Gasteiger partial charge in [-0.25, -0.2) is 4.79 Å². The number of anilines is 1. The summed E-state index contributed by atoms with van der Waals surface area (Å²) in [5.74, 6) is -0.949. The fourth-order valence-electron chi connectivity index (χ4n) is 2.14. The molecule has 0 saturated heterocycles. The van der Waals surface area contributed by atoms with Gasteiger partial charge >= 0.3 is 5.97 Å². The van der Waals surface area contributed by atoms with Crippen LogP contribution in [0.2, 0.25) is 0 Å². The minimum atomic E-state index is -0.902. The van der Waals surface area contributed by atoms with E-state index in [0.717, 1.165) is 6.42 Å². The summed E-state index contributed by atoms with van der Waals surface area (Å²) >= 11 is 0. The van der Waals surface area contributed by atoms with Crippen LogP contribution in [0.1, 0.15) is 47.5 Å². The Hall–Kier alpha value is -2.89. The number of aromatic amines is 1. The number of H-pyrrole nitrogens is 1. The van der Waals surface area contributed by atoms with Gasteiger partial charge in [0.1, 0.15) is 5.69 Å². The van der Waals surface area contributed by atoms with E-state index in [9.17, 15) is 14.4 Å². The van der Waals surface area contributed by atoms with Gasteiger partial charge in [0.15, 0.2) is 6.10 Å². The first-order valence-electron chi connectivity index (χ1n) is 7.79. The summed E-state index contributed by atoms with van der Waals surface area (Å²) in [4.78, 5) is 38.4. The monoisotopic (exact) mass is 328 g/mol. The Morgan fingerprint density at radius 2 is 1.88 bits per heavy atom. The molecule has 0 aliphatic heterocycles. The van der Waals surface area contributed by atoms with E-state index in [-0.39, 0.29) is 11.7 Å². The van der Waals surface area contributed by atoms with E-state index >= 15 is 0 Å². The molecule has 0 spiro atoms. The molecule has 126 valence electrons. The van der Waals surface area contributed by atoms with E-state index in [4.69, 9.17) is 4.74 Å². The van der Waals surface area contributed by atoms with Crippen LogP contribution in [0.3, 0.4) is 0 Å². The van der Waals surface area contributed by atoms with Crippen molar-refractivity contribution in [3.8, 4) is 0 Å². The lowest BCUT2D eigenvalue weighted by molar-refractivity contribution is -0.116. The molecule has 0 aliphatic rings. The fraction of sp³-hybridized carbons (Fsp3) is 0.278. The van der Waals surface area contributed by atoms with Crippen molar-refractivity contribution < 1.29 is 19.1 Å². The number of esters is 1. The highest BCUT2D eigenvalue weighted by atomic mass is 16.5. The van der Waals surface area contributed by atoms with E-state index < -0.39 is 12.1 Å². The second-order valence-electron chi connectivity index (χ2n) is 5.37. The Bertz CT molecular complexity index is 705. The van der Waals surface area contributed by atoms with Crippen LogP contribution < -0.4 is 5.32 Å². The molecule has 0 radical (unpaired) electrons. The van der Waals surface area contributed by atoms with Crippen molar-refractivity contribution in [2.45, 2.75) is 32.8 Å². The second kappa shape index (κ2) is 8.10. The number of amides is 1. The summed E-state index contributed by atoms with van der Waals surface area (Å²) in [5.41, 5.74) is 1.33.